The van der Waals surface area contributed by atoms with Crippen LogP contribution in [-0.2, 0) is 6.54 Å². The van der Waals surface area contributed by atoms with E-state index in [1.165, 1.54) is 4.68 Å². The lowest BCUT2D eigenvalue weighted by Gasteiger charge is -2.15. The van der Waals surface area contributed by atoms with Gasteiger partial charge in [0.05, 0.1) is 34.7 Å². The molecule has 0 spiro atoms. The van der Waals surface area contributed by atoms with Gasteiger partial charge in [-0.1, -0.05) is 11.2 Å². The number of aryl methyl sites for hydroxylation is 2. The fraction of sp³-hybridized carbons (Fsp3) is 0.280. The van der Waals surface area contributed by atoms with E-state index in [4.69, 9.17) is 9.51 Å². The molecule has 0 radical (unpaired) electrons. The molecular formula is C25H24F2N6O. The lowest BCUT2D eigenvalue weighted by atomic mass is 10.1. The molecule has 0 aromatic carbocycles. The second-order valence-electron chi connectivity index (χ2n) is 8.67. The highest BCUT2D eigenvalue weighted by molar-refractivity contribution is 5.95. The van der Waals surface area contributed by atoms with Crippen LogP contribution < -0.4 is 0 Å². The van der Waals surface area contributed by atoms with E-state index < -0.39 is 12.5 Å². The van der Waals surface area contributed by atoms with Crippen LogP contribution in [0.1, 0.15) is 37.0 Å². The summed E-state index contributed by atoms with van der Waals surface area (Å²) < 4.78 is 35.8. The van der Waals surface area contributed by atoms with Gasteiger partial charge in [0.25, 0.3) is 5.92 Å². The van der Waals surface area contributed by atoms with E-state index >= 15 is 0 Å². The van der Waals surface area contributed by atoms with Crippen LogP contribution in [0.25, 0.3) is 33.3 Å². The van der Waals surface area contributed by atoms with Gasteiger partial charge in [-0.3, -0.25) is 14.6 Å². The van der Waals surface area contributed by atoms with Gasteiger partial charge in [0.1, 0.15) is 12.3 Å². The maximum Gasteiger partial charge on any atom is 0.264 e. The van der Waals surface area contributed by atoms with Crippen molar-refractivity contribution in [2.45, 2.75) is 46.2 Å². The van der Waals surface area contributed by atoms with Crippen LogP contribution in [-0.4, -0.2) is 35.4 Å². The number of aromatic nitrogens is 6. The van der Waals surface area contributed by atoms with Crippen molar-refractivity contribution in [1.29, 1.82) is 0 Å². The third-order valence-corrected chi connectivity index (χ3v) is 5.91. The predicted octanol–water partition coefficient (Wildman–Crippen LogP) is 5.83. The van der Waals surface area contributed by atoms with Crippen LogP contribution in [0.3, 0.4) is 0 Å². The van der Waals surface area contributed by atoms with Gasteiger partial charge in [0.15, 0.2) is 0 Å². The number of nitrogens with zero attached hydrogens (tertiary/aromatic N) is 6. The third kappa shape index (κ3) is 3.98. The Hall–Kier alpha value is -3.88. The fourth-order valence-electron chi connectivity index (χ4n) is 4.33. The Kier molecular flexibility index (Phi) is 5.27. The molecule has 0 fully saturated rings. The number of fused-ring (bicyclic) bond motifs is 1. The summed E-state index contributed by atoms with van der Waals surface area (Å²) in [5.41, 5.74) is 6.66. The molecule has 9 heteroatoms. The van der Waals surface area contributed by atoms with E-state index in [1.54, 1.807) is 24.8 Å². The normalized spacial score (nSPS) is 13.0. The number of hydrogen-bond donors (Lipinski definition) is 0. The van der Waals surface area contributed by atoms with Crippen molar-refractivity contribution in [2.75, 3.05) is 0 Å². The number of halogens is 2. The largest absolute Gasteiger partial charge is 0.361 e. The molecule has 0 aliphatic heterocycles. The molecule has 0 aliphatic rings. The minimum absolute atomic E-state index is 0.0887. The zero-order valence-corrected chi connectivity index (χ0v) is 19.3. The lowest BCUT2D eigenvalue weighted by molar-refractivity contribution is 0.000604. The highest BCUT2D eigenvalue weighted by Gasteiger charge is 2.24. The predicted molar refractivity (Wildman–Crippen MR) is 125 cm³/mol. The van der Waals surface area contributed by atoms with E-state index in [0.717, 1.165) is 57.4 Å². The summed E-state index contributed by atoms with van der Waals surface area (Å²) in [5.74, 6) is -2.14. The van der Waals surface area contributed by atoms with Crippen LogP contribution in [0.4, 0.5) is 8.78 Å². The zero-order chi connectivity index (χ0) is 24.0. The van der Waals surface area contributed by atoms with E-state index in [-0.39, 0.29) is 6.04 Å². The van der Waals surface area contributed by atoms with Crippen molar-refractivity contribution < 1.29 is 13.3 Å². The average molecular weight is 463 g/mol. The molecule has 0 saturated carbocycles. The van der Waals surface area contributed by atoms with Crippen LogP contribution in [0.15, 0.2) is 59.8 Å². The van der Waals surface area contributed by atoms with Crippen molar-refractivity contribution in [1.82, 2.24) is 29.5 Å². The molecule has 5 heterocycles. The monoisotopic (exact) mass is 462 g/mol. The molecule has 0 aliphatic carbocycles. The molecule has 5 rings (SSSR count). The van der Waals surface area contributed by atoms with E-state index in [1.807, 2.05) is 38.2 Å². The van der Waals surface area contributed by atoms with E-state index in [0.29, 0.717) is 0 Å². The summed E-state index contributed by atoms with van der Waals surface area (Å²) in [6, 6.07) is 7.78. The Labute approximate surface area is 195 Å². The van der Waals surface area contributed by atoms with Gasteiger partial charge < -0.3 is 9.09 Å². The molecule has 0 bridgehead atoms. The Morgan fingerprint density at radius 1 is 1.09 bits per heavy atom. The van der Waals surface area contributed by atoms with Gasteiger partial charge in [-0.25, -0.2) is 8.78 Å². The summed E-state index contributed by atoms with van der Waals surface area (Å²) in [6.45, 7) is 6.23. The molecule has 0 amide bonds. The van der Waals surface area contributed by atoms with Crippen LogP contribution in [0.5, 0.6) is 0 Å². The highest BCUT2D eigenvalue weighted by Crippen LogP contribution is 2.36. The topological polar surface area (TPSA) is 74.6 Å². The SMILES string of the molecule is Cc1noc(C)c1-c1cnc2c(-c3cnn(CC(C)(F)F)c3)cn([C@H](C)c3ccccn3)c2c1. The Morgan fingerprint density at radius 3 is 2.59 bits per heavy atom. The Balaban J connectivity index is 1.68. The number of alkyl halides is 2. The van der Waals surface area contributed by atoms with Gasteiger partial charge in [0, 0.05) is 54.0 Å². The van der Waals surface area contributed by atoms with Crippen molar-refractivity contribution in [3.63, 3.8) is 0 Å². The summed E-state index contributed by atoms with van der Waals surface area (Å²) in [6.07, 6.45) is 8.77. The second kappa shape index (κ2) is 8.16. The highest BCUT2D eigenvalue weighted by atomic mass is 19.3. The molecule has 5 aromatic rings. The Bertz CT molecular complexity index is 1440. The molecule has 174 valence electrons. The summed E-state index contributed by atoms with van der Waals surface area (Å²) in [5, 5.41) is 8.22. The van der Waals surface area contributed by atoms with Crippen molar-refractivity contribution in [3.05, 3.63) is 72.4 Å². The summed E-state index contributed by atoms with van der Waals surface area (Å²) in [7, 11) is 0. The smallest absolute Gasteiger partial charge is 0.264 e. The average Bonchev–Trinajstić information content (AvgIpc) is 3.49. The number of pyridine rings is 2. The first kappa shape index (κ1) is 21.9. The first-order valence-electron chi connectivity index (χ1n) is 11.0. The van der Waals surface area contributed by atoms with Crippen molar-refractivity contribution in [2.24, 2.45) is 0 Å². The minimum atomic E-state index is -2.85. The second-order valence-corrected chi connectivity index (χ2v) is 8.67. The number of hydrogen-bond acceptors (Lipinski definition) is 5. The van der Waals surface area contributed by atoms with E-state index in [2.05, 4.69) is 32.8 Å². The molecule has 7 nitrogen and oxygen atoms in total. The minimum Gasteiger partial charge on any atom is -0.361 e. The third-order valence-electron chi connectivity index (χ3n) is 5.91. The van der Waals surface area contributed by atoms with Gasteiger partial charge in [-0.15, -0.1) is 0 Å². The maximum absolute atomic E-state index is 13.5. The molecule has 5 aromatic heterocycles. The first-order chi connectivity index (χ1) is 16.2. The first-order valence-corrected chi connectivity index (χ1v) is 11.0. The fourth-order valence-corrected chi connectivity index (χ4v) is 4.33. The molecule has 0 N–H and O–H groups in total. The maximum atomic E-state index is 13.5. The standard InChI is InChI=1S/C25H24F2N6O/c1-15-23(17(3)34-31-15)18-9-22-24(29-10-18)20(19-11-30-32(12-19)14-25(4,26)27)13-33(22)16(2)21-7-5-6-8-28-21/h5-13,16H,14H2,1-4H3/t16-/m1/s1. The van der Waals surface area contributed by atoms with Gasteiger partial charge in [-0.2, -0.15) is 5.10 Å². The van der Waals surface area contributed by atoms with E-state index in [9.17, 15) is 8.78 Å². The van der Waals surface area contributed by atoms with Crippen molar-refractivity contribution >= 4 is 11.0 Å². The van der Waals surface area contributed by atoms with Crippen LogP contribution >= 0.6 is 0 Å². The lowest BCUT2D eigenvalue weighted by Crippen LogP contribution is -2.19. The molecule has 0 saturated heterocycles. The molecule has 34 heavy (non-hydrogen) atoms. The Morgan fingerprint density at radius 2 is 1.91 bits per heavy atom. The molecule has 0 unspecified atom stereocenters. The van der Waals surface area contributed by atoms with Gasteiger partial charge >= 0.3 is 0 Å². The van der Waals surface area contributed by atoms with Gasteiger partial charge in [0.2, 0.25) is 0 Å². The zero-order valence-electron chi connectivity index (χ0n) is 19.3. The summed E-state index contributed by atoms with van der Waals surface area (Å²) >= 11 is 0. The molecule has 1 atom stereocenters. The summed E-state index contributed by atoms with van der Waals surface area (Å²) in [4.78, 5) is 9.30. The molecular weight excluding hydrogens is 438 g/mol. The quantitative estimate of drug-likeness (QED) is 0.317. The van der Waals surface area contributed by atoms with Gasteiger partial charge in [-0.05, 0) is 39.0 Å². The van der Waals surface area contributed by atoms with Crippen molar-refractivity contribution in [3.8, 4) is 22.3 Å². The van der Waals surface area contributed by atoms with Crippen LogP contribution in [0, 0.1) is 13.8 Å². The van der Waals surface area contributed by atoms with Crippen LogP contribution in [0.2, 0.25) is 0 Å². The number of rotatable bonds is 6.